The van der Waals surface area contributed by atoms with Crippen LogP contribution < -0.4 is 5.32 Å². The number of carbonyl (C=O) groups excluding carboxylic acids is 1. The maximum Gasteiger partial charge on any atom is 0.183 e. The fourth-order valence-electron chi connectivity index (χ4n) is 1.53. The average Bonchev–Trinajstić information content (AvgIpc) is 2.82. The summed E-state index contributed by atoms with van der Waals surface area (Å²) in [6, 6.07) is 7.50. The van der Waals surface area contributed by atoms with E-state index in [9.17, 15) is 4.79 Å². The highest BCUT2D eigenvalue weighted by atomic mass is 35.5. The largest absolute Gasteiger partial charge is 0.380 e. The summed E-state index contributed by atoms with van der Waals surface area (Å²) in [5.74, 6) is 0.163. The Balaban J connectivity index is 1.96. The van der Waals surface area contributed by atoms with E-state index in [0.29, 0.717) is 17.4 Å². The van der Waals surface area contributed by atoms with Crippen LogP contribution in [0.1, 0.15) is 28.6 Å². The molecule has 1 aromatic heterocycles. The molecule has 3 nitrogen and oxygen atoms in total. The molecule has 1 aromatic carbocycles. The number of nitrogens with zero attached hydrogens (tertiary/aromatic N) is 1. The molecule has 0 saturated carbocycles. The van der Waals surface area contributed by atoms with Gasteiger partial charge in [-0.2, -0.15) is 0 Å². The van der Waals surface area contributed by atoms with Gasteiger partial charge in [0.05, 0.1) is 6.54 Å². The lowest BCUT2D eigenvalue weighted by atomic mass is 10.1. The van der Waals surface area contributed by atoms with Crippen molar-refractivity contribution < 1.29 is 4.79 Å². The molecule has 18 heavy (non-hydrogen) atoms. The van der Waals surface area contributed by atoms with Gasteiger partial charge in [-0.05, 0) is 24.3 Å². The maximum atomic E-state index is 11.5. The summed E-state index contributed by atoms with van der Waals surface area (Å²) < 4.78 is 0.552. The number of nitrogens with one attached hydrogen (secondary N) is 1. The quantitative estimate of drug-likeness (QED) is 0.842. The van der Waals surface area contributed by atoms with Crippen molar-refractivity contribution >= 4 is 34.4 Å². The van der Waals surface area contributed by atoms with E-state index in [4.69, 9.17) is 11.6 Å². The second-order valence-corrected chi connectivity index (χ2v) is 5.48. The fraction of sp³-hybridized carbons (Fsp3) is 0.231. The molecule has 2 aromatic rings. The summed E-state index contributed by atoms with van der Waals surface area (Å²) >= 11 is 7.21. The highest BCUT2D eigenvalue weighted by Gasteiger charge is 2.03. The predicted molar refractivity (Wildman–Crippen MR) is 75.5 cm³/mol. The van der Waals surface area contributed by atoms with Crippen LogP contribution in [0.2, 0.25) is 4.47 Å². The van der Waals surface area contributed by atoms with Crippen molar-refractivity contribution in [2.45, 2.75) is 19.9 Å². The molecule has 0 aliphatic carbocycles. The van der Waals surface area contributed by atoms with Gasteiger partial charge in [0.1, 0.15) is 0 Å². The smallest absolute Gasteiger partial charge is 0.183 e. The zero-order valence-corrected chi connectivity index (χ0v) is 11.5. The Hall–Kier alpha value is -1.39. The average molecular weight is 281 g/mol. The molecule has 1 heterocycles. The van der Waals surface area contributed by atoms with Gasteiger partial charge in [-0.3, -0.25) is 4.79 Å². The third-order valence-corrected chi connectivity index (χ3v) is 3.63. The molecule has 0 unspecified atom stereocenters. The Labute approximate surface area is 115 Å². The molecule has 0 spiro atoms. The van der Waals surface area contributed by atoms with Crippen LogP contribution in [0, 0.1) is 0 Å². The highest BCUT2D eigenvalue weighted by molar-refractivity contribution is 7.15. The summed E-state index contributed by atoms with van der Waals surface area (Å²) in [7, 11) is 0. The summed E-state index contributed by atoms with van der Waals surface area (Å²) in [4.78, 5) is 16.5. The van der Waals surface area contributed by atoms with E-state index in [2.05, 4.69) is 10.3 Å². The third-order valence-electron chi connectivity index (χ3n) is 2.52. The molecule has 94 valence electrons. The fourth-order valence-corrected chi connectivity index (χ4v) is 2.45. The van der Waals surface area contributed by atoms with Crippen LogP contribution in [0.15, 0.2) is 30.5 Å². The third kappa shape index (κ3) is 3.31. The number of benzene rings is 1. The van der Waals surface area contributed by atoms with Crippen LogP contribution >= 0.6 is 22.9 Å². The van der Waals surface area contributed by atoms with E-state index in [1.807, 2.05) is 31.2 Å². The van der Waals surface area contributed by atoms with E-state index in [1.54, 1.807) is 6.20 Å². The van der Waals surface area contributed by atoms with Crippen LogP contribution in [0.5, 0.6) is 0 Å². The second-order valence-electron chi connectivity index (χ2n) is 3.79. The van der Waals surface area contributed by atoms with Gasteiger partial charge in [-0.15, -0.1) is 11.3 Å². The van der Waals surface area contributed by atoms with E-state index < -0.39 is 0 Å². The van der Waals surface area contributed by atoms with Crippen LogP contribution in [0.25, 0.3) is 0 Å². The molecule has 2 rings (SSSR count). The van der Waals surface area contributed by atoms with Crippen LogP contribution in [0.4, 0.5) is 5.69 Å². The van der Waals surface area contributed by atoms with Gasteiger partial charge >= 0.3 is 0 Å². The minimum atomic E-state index is 0.163. The number of hydrogen-bond donors (Lipinski definition) is 1. The van der Waals surface area contributed by atoms with Gasteiger partial charge < -0.3 is 5.32 Å². The molecule has 5 heteroatoms. The Bertz CT molecular complexity index is 536. The number of anilines is 1. The number of rotatable bonds is 5. The van der Waals surface area contributed by atoms with Crippen molar-refractivity contribution in [1.82, 2.24) is 4.98 Å². The summed E-state index contributed by atoms with van der Waals surface area (Å²) in [6.07, 6.45) is 2.29. The van der Waals surface area contributed by atoms with Crippen molar-refractivity contribution in [3.8, 4) is 0 Å². The van der Waals surface area contributed by atoms with Gasteiger partial charge in [0.25, 0.3) is 0 Å². The first-order valence-electron chi connectivity index (χ1n) is 5.66. The second kappa shape index (κ2) is 5.98. The van der Waals surface area contributed by atoms with Crippen molar-refractivity contribution in [2.24, 2.45) is 0 Å². The lowest BCUT2D eigenvalue weighted by Crippen LogP contribution is -1.99. The summed E-state index contributed by atoms with van der Waals surface area (Å²) in [5, 5.41) is 3.26. The molecule has 0 amide bonds. The SMILES string of the molecule is CCC(=O)c1ccc(NCc2cnc(Cl)s2)cc1. The maximum absolute atomic E-state index is 11.5. The lowest BCUT2D eigenvalue weighted by Gasteiger charge is -2.05. The number of hydrogen-bond acceptors (Lipinski definition) is 4. The number of ketones is 1. The van der Waals surface area contributed by atoms with Gasteiger partial charge in [-0.1, -0.05) is 18.5 Å². The van der Waals surface area contributed by atoms with Gasteiger partial charge in [-0.25, -0.2) is 4.98 Å². The van der Waals surface area contributed by atoms with Crippen LogP contribution in [0.3, 0.4) is 0 Å². The first kappa shape index (κ1) is 13.1. The number of thiazole rings is 1. The molecule has 0 atom stereocenters. The van der Waals surface area contributed by atoms with Crippen LogP contribution in [-0.2, 0) is 6.54 Å². The van der Waals surface area contributed by atoms with E-state index in [1.165, 1.54) is 11.3 Å². The van der Waals surface area contributed by atoms with Crippen LogP contribution in [-0.4, -0.2) is 10.8 Å². The topological polar surface area (TPSA) is 42.0 Å². The molecule has 0 aliphatic heterocycles. The lowest BCUT2D eigenvalue weighted by molar-refractivity contribution is 0.0988. The van der Waals surface area contributed by atoms with Crippen molar-refractivity contribution in [3.05, 3.63) is 45.4 Å². The number of halogens is 1. The van der Waals surface area contributed by atoms with E-state index >= 15 is 0 Å². The van der Waals surface area contributed by atoms with E-state index in [0.717, 1.165) is 16.1 Å². The summed E-state index contributed by atoms with van der Waals surface area (Å²) in [6.45, 7) is 2.55. The number of carbonyl (C=O) groups is 1. The predicted octanol–water partition coefficient (Wildman–Crippen LogP) is 4.00. The highest BCUT2D eigenvalue weighted by Crippen LogP contribution is 2.19. The Morgan fingerprint density at radius 1 is 1.39 bits per heavy atom. The zero-order chi connectivity index (χ0) is 13.0. The molecule has 0 aliphatic rings. The normalized spacial score (nSPS) is 10.3. The Morgan fingerprint density at radius 3 is 2.67 bits per heavy atom. The molecule has 0 bridgehead atoms. The molecular formula is C13H13ClN2OS. The monoisotopic (exact) mass is 280 g/mol. The molecule has 0 saturated heterocycles. The molecule has 0 radical (unpaired) electrons. The first-order chi connectivity index (χ1) is 8.69. The van der Waals surface area contributed by atoms with Crippen molar-refractivity contribution in [2.75, 3.05) is 5.32 Å². The Morgan fingerprint density at radius 2 is 2.11 bits per heavy atom. The van der Waals surface area contributed by atoms with E-state index in [-0.39, 0.29) is 5.78 Å². The van der Waals surface area contributed by atoms with Gasteiger partial charge in [0.15, 0.2) is 10.3 Å². The molecule has 1 N–H and O–H groups in total. The van der Waals surface area contributed by atoms with Crippen molar-refractivity contribution in [3.63, 3.8) is 0 Å². The molecule has 0 fully saturated rings. The van der Waals surface area contributed by atoms with Crippen molar-refractivity contribution in [1.29, 1.82) is 0 Å². The number of Topliss-reactive ketones (excluding diaryl/α,β-unsaturated/α-hetero) is 1. The first-order valence-corrected chi connectivity index (χ1v) is 6.86. The van der Waals surface area contributed by atoms with Gasteiger partial charge in [0, 0.05) is 28.7 Å². The molecular weight excluding hydrogens is 268 g/mol. The number of aromatic nitrogens is 1. The standard InChI is InChI=1S/C13H13ClN2OS/c1-2-12(17)9-3-5-10(6-4-9)15-7-11-8-16-13(14)18-11/h3-6,8,15H,2,7H2,1H3. The minimum absolute atomic E-state index is 0.163. The zero-order valence-electron chi connectivity index (χ0n) is 9.94. The minimum Gasteiger partial charge on any atom is -0.380 e. The Kier molecular flexibility index (Phi) is 4.33. The summed E-state index contributed by atoms with van der Waals surface area (Å²) in [5.41, 5.74) is 1.73. The van der Waals surface area contributed by atoms with Gasteiger partial charge in [0.2, 0.25) is 0 Å².